The molecule has 5 nitrogen and oxygen atoms in total. The van der Waals surface area contributed by atoms with E-state index in [1.807, 2.05) is 5.43 Å². The lowest BCUT2D eigenvalue weighted by atomic mass is 9.98. The van der Waals surface area contributed by atoms with Gasteiger partial charge in [-0.2, -0.15) is 0 Å². The van der Waals surface area contributed by atoms with Crippen LogP contribution in [0.15, 0.2) is 0 Å². The smallest absolute Gasteiger partial charge is 0.323 e. The van der Waals surface area contributed by atoms with Gasteiger partial charge in [0.05, 0.1) is 0 Å². The number of nitrogens with one attached hydrogen (secondary N) is 2. The highest BCUT2D eigenvalue weighted by Crippen LogP contribution is 2.48. The lowest BCUT2D eigenvalue weighted by Crippen LogP contribution is -2.44. The van der Waals surface area contributed by atoms with E-state index < -0.39 is 11.8 Å². The number of rotatable bonds is 4. The number of amides is 2. The van der Waals surface area contributed by atoms with E-state index in [0.717, 1.165) is 11.8 Å². The molecule has 2 fully saturated rings. The molecule has 4 N–H and O–H groups in total. The van der Waals surface area contributed by atoms with Gasteiger partial charge in [-0.05, 0) is 43.4 Å². The lowest BCUT2D eigenvalue weighted by Gasteiger charge is -2.15. The maximum atomic E-state index is 11.2. The van der Waals surface area contributed by atoms with E-state index >= 15 is 0 Å². The molecule has 0 aromatic carbocycles. The van der Waals surface area contributed by atoms with Crippen molar-refractivity contribution < 1.29 is 9.59 Å². The zero-order valence-corrected chi connectivity index (χ0v) is 8.66. The fourth-order valence-electron chi connectivity index (χ4n) is 2.12. The third-order valence-corrected chi connectivity index (χ3v) is 3.29. The Morgan fingerprint density at radius 3 is 2.07 bits per heavy atom. The maximum Gasteiger partial charge on any atom is 0.323 e. The fourth-order valence-corrected chi connectivity index (χ4v) is 2.12. The summed E-state index contributed by atoms with van der Waals surface area (Å²) in [4.78, 5) is 22.0. The molecule has 0 aromatic rings. The summed E-state index contributed by atoms with van der Waals surface area (Å²) in [6.07, 6.45) is 5.11. The van der Waals surface area contributed by atoms with Crippen molar-refractivity contribution in [2.24, 2.45) is 23.6 Å². The highest BCUT2D eigenvalue weighted by molar-refractivity contribution is 6.34. The Labute approximate surface area is 88.7 Å². The number of carbonyl (C=O) groups is 2. The standard InChI is InChI=1S/C10H17N3O2/c11-13-10(15)9(14)12-5-8(6-1-2-6)7-3-4-7/h6-8H,1-5,11H2,(H,12,14)(H,13,15). The van der Waals surface area contributed by atoms with Gasteiger partial charge in [0, 0.05) is 6.54 Å². The van der Waals surface area contributed by atoms with Crippen LogP contribution in [0.4, 0.5) is 0 Å². The van der Waals surface area contributed by atoms with Crippen LogP contribution in [0.3, 0.4) is 0 Å². The van der Waals surface area contributed by atoms with Crippen LogP contribution in [0.2, 0.25) is 0 Å². The Morgan fingerprint density at radius 2 is 1.67 bits per heavy atom. The van der Waals surface area contributed by atoms with Gasteiger partial charge in [-0.15, -0.1) is 0 Å². The van der Waals surface area contributed by atoms with Gasteiger partial charge in [0.2, 0.25) is 0 Å². The molecule has 0 saturated heterocycles. The highest BCUT2D eigenvalue weighted by atomic mass is 16.2. The van der Waals surface area contributed by atoms with Gasteiger partial charge in [-0.3, -0.25) is 15.0 Å². The van der Waals surface area contributed by atoms with Crippen molar-refractivity contribution in [2.45, 2.75) is 25.7 Å². The van der Waals surface area contributed by atoms with Gasteiger partial charge in [-0.1, -0.05) is 0 Å². The summed E-state index contributed by atoms with van der Waals surface area (Å²) in [5.74, 6) is 5.61. The van der Waals surface area contributed by atoms with Crippen LogP contribution in [-0.2, 0) is 9.59 Å². The van der Waals surface area contributed by atoms with Gasteiger partial charge in [0.15, 0.2) is 0 Å². The molecular formula is C10H17N3O2. The van der Waals surface area contributed by atoms with Crippen molar-refractivity contribution in [3.05, 3.63) is 0 Å². The van der Waals surface area contributed by atoms with Crippen molar-refractivity contribution >= 4 is 11.8 Å². The molecule has 5 heteroatoms. The number of nitrogens with two attached hydrogens (primary N) is 1. The summed E-state index contributed by atoms with van der Waals surface area (Å²) in [6, 6.07) is 0. The average molecular weight is 211 g/mol. The quantitative estimate of drug-likeness (QED) is 0.254. The molecule has 0 aromatic heterocycles. The van der Waals surface area contributed by atoms with E-state index in [4.69, 9.17) is 5.84 Å². The zero-order chi connectivity index (χ0) is 10.8. The molecular weight excluding hydrogens is 194 g/mol. The van der Waals surface area contributed by atoms with Crippen LogP contribution in [-0.4, -0.2) is 18.4 Å². The molecule has 0 bridgehead atoms. The van der Waals surface area contributed by atoms with Crippen molar-refractivity contribution in [1.82, 2.24) is 10.7 Å². The Balaban J connectivity index is 1.75. The second-order valence-corrected chi connectivity index (χ2v) is 4.52. The van der Waals surface area contributed by atoms with Gasteiger partial charge in [0.1, 0.15) is 0 Å². The minimum Gasteiger partial charge on any atom is -0.347 e. The topological polar surface area (TPSA) is 84.2 Å². The minimum absolute atomic E-state index is 0.583. The fraction of sp³-hybridized carbons (Fsp3) is 0.800. The maximum absolute atomic E-state index is 11.2. The minimum atomic E-state index is -0.764. The second kappa shape index (κ2) is 4.18. The third kappa shape index (κ3) is 2.68. The molecule has 2 amide bonds. The normalized spacial score (nSPS) is 20.1. The Bertz CT molecular complexity index is 260. The van der Waals surface area contributed by atoms with Crippen LogP contribution >= 0.6 is 0 Å². The number of carbonyl (C=O) groups excluding carboxylic acids is 2. The molecule has 0 spiro atoms. The van der Waals surface area contributed by atoms with Crippen LogP contribution in [0, 0.1) is 17.8 Å². The van der Waals surface area contributed by atoms with Crippen LogP contribution in [0.25, 0.3) is 0 Å². The summed E-state index contributed by atoms with van der Waals surface area (Å²) < 4.78 is 0. The first-order valence-corrected chi connectivity index (χ1v) is 5.51. The first kappa shape index (κ1) is 10.4. The molecule has 84 valence electrons. The Hall–Kier alpha value is -1.10. The third-order valence-electron chi connectivity index (χ3n) is 3.29. The molecule has 2 aliphatic carbocycles. The Morgan fingerprint density at radius 1 is 1.13 bits per heavy atom. The van der Waals surface area contributed by atoms with Gasteiger partial charge in [0.25, 0.3) is 0 Å². The number of hydrogen-bond donors (Lipinski definition) is 3. The first-order valence-electron chi connectivity index (χ1n) is 5.51. The van der Waals surface area contributed by atoms with Gasteiger partial charge >= 0.3 is 11.8 Å². The van der Waals surface area contributed by atoms with Crippen molar-refractivity contribution in [3.63, 3.8) is 0 Å². The molecule has 0 radical (unpaired) electrons. The summed E-state index contributed by atoms with van der Waals surface area (Å²) in [7, 11) is 0. The van der Waals surface area contributed by atoms with E-state index in [1.54, 1.807) is 0 Å². The summed E-state index contributed by atoms with van der Waals surface area (Å²) >= 11 is 0. The van der Waals surface area contributed by atoms with Gasteiger partial charge in [-0.25, -0.2) is 5.84 Å². The first-order chi connectivity index (χ1) is 7.22. The monoisotopic (exact) mass is 211 g/mol. The molecule has 15 heavy (non-hydrogen) atoms. The number of hydrazine groups is 1. The molecule has 0 heterocycles. The van der Waals surface area contributed by atoms with Crippen LogP contribution < -0.4 is 16.6 Å². The van der Waals surface area contributed by atoms with Gasteiger partial charge < -0.3 is 5.32 Å². The van der Waals surface area contributed by atoms with Crippen molar-refractivity contribution in [3.8, 4) is 0 Å². The molecule has 0 atom stereocenters. The van der Waals surface area contributed by atoms with E-state index in [1.165, 1.54) is 25.7 Å². The molecule has 2 saturated carbocycles. The van der Waals surface area contributed by atoms with E-state index in [0.29, 0.717) is 12.5 Å². The second-order valence-electron chi connectivity index (χ2n) is 4.52. The van der Waals surface area contributed by atoms with Crippen LogP contribution in [0.1, 0.15) is 25.7 Å². The number of hydrogen-bond acceptors (Lipinski definition) is 3. The Kier molecular flexibility index (Phi) is 2.90. The van der Waals surface area contributed by atoms with Crippen molar-refractivity contribution in [1.29, 1.82) is 0 Å². The van der Waals surface area contributed by atoms with E-state index in [9.17, 15) is 9.59 Å². The highest BCUT2D eigenvalue weighted by Gasteiger charge is 2.41. The predicted octanol–water partition coefficient (Wildman–Crippen LogP) is -0.471. The largest absolute Gasteiger partial charge is 0.347 e. The van der Waals surface area contributed by atoms with Crippen LogP contribution in [0.5, 0.6) is 0 Å². The molecule has 2 rings (SSSR count). The average Bonchev–Trinajstić information content (AvgIpc) is 3.07. The lowest BCUT2D eigenvalue weighted by molar-refractivity contribution is -0.139. The van der Waals surface area contributed by atoms with E-state index in [-0.39, 0.29) is 0 Å². The molecule has 2 aliphatic rings. The molecule has 0 aliphatic heterocycles. The zero-order valence-electron chi connectivity index (χ0n) is 8.66. The summed E-state index contributed by atoms with van der Waals surface area (Å²) in [5.41, 5.74) is 1.83. The summed E-state index contributed by atoms with van der Waals surface area (Å²) in [6.45, 7) is 0.627. The molecule has 0 unspecified atom stereocenters. The summed E-state index contributed by atoms with van der Waals surface area (Å²) in [5, 5.41) is 2.65. The predicted molar refractivity (Wildman–Crippen MR) is 54.3 cm³/mol. The van der Waals surface area contributed by atoms with Crippen molar-refractivity contribution in [2.75, 3.05) is 6.54 Å². The SMILES string of the molecule is NNC(=O)C(=O)NCC(C1CC1)C1CC1. The van der Waals surface area contributed by atoms with E-state index in [2.05, 4.69) is 5.32 Å².